The Bertz CT molecular complexity index is 1020. The molecule has 9 nitrogen and oxygen atoms in total. The molecule has 0 radical (unpaired) electrons. The molecule has 0 heterocycles. The van der Waals surface area contributed by atoms with Gasteiger partial charge in [-0.3, -0.25) is 14.2 Å². The lowest BCUT2D eigenvalue weighted by molar-refractivity contribution is -0.870. The molecule has 2 unspecified atom stereocenters. The van der Waals surface area contributed by atoms with Crippen molar-refractivity contribution >= 4 is 19.8 Å². The first kappa shape index (κ1) is 52.2. The Morgan fingerprint density at radius 2 is 1.02 bits per heavy atom. The number of carbonyl (C=O) groups is 2. The lowest BCUT2D eigenvalue weighted by Crippen LogP contribution is -2.37. The molecule has 0 spiro atoms. The van der Waals surface area contributed by atoms with Gasteiger partial charge in [0.15, 0.2) is 6.10 Å². The summed E-state index contributed by atoms with van der Waals surface area (Å²) in [7, 11) is 1.14. The zero-order valence-corrected chi connectivity index (χ0v) is 36.3. The molecular weight excluding hydrogens is 701 g/mol. The summed E-state index contributed by atoms with van der Waals surface area (Å²) < 4.78 is 33.8. The largest absolute Gasteiger partial charge is 0.756 e. The van der Waals surface area contributed by atoms with Crippen LogP contribution in [-0.2, 0) is 32.7 Å². The summed E-state index contributed by atoms with van der Waals surface area (Å²) in [6.45, 7) is 4.16. The number of phosphoric acid groups is 1. The molecule has 0 N–H and O–H groups in total. The van der Waals surface area contributed by atoms with Gasteiger partial charge in [-0.2, -0.15) is 0 Å². The van der Waals surface area contributed by atoms with Gasteiger partial charge in [-0.05, 0) is 44.9 Å². The van der Waals surface area contributed by atoms with Crippen molar-refractivity contribution in [2.75, 3.05) is 47.5 Å². The van der Waals surface area contributed by atoms with Crippen molar-refractivity contribution in [1.82, 2.24) is 0 Å². The van der Waals surface area contributed by atoms with Crippen molar-refractivity contribution in [1.29, 1.82) is 0 Å². The molecule has 0 rings (SSSR count). The predicted molar refractivity (Wildman–Crippen MR) is 222 cm³/mol. The maximum Gasteiger partial charge on any atom is 0.306 e. The van der Waals surface area contributed by atoms with Gasteiger partial charge in [0.05, 0.1) is 27.7 Å². The van der Waals surface area contributed by atoms with E-state index in [0.717, 1.165) is 38.5 Å². The Kier molecular flexibility index (Phi) is 35.6. The molecule has 0 bridgehead atoms. The lowest BCUT2D eigenvalue weighted by Gasteiger charge is -2.28. The summed E-state index contributed by atoms with van der Waals surface area (Å²) in [6, 6.07) is 0. The number of phosphoric ester groups is 1. The third-order valence-electron chi connectivity index (χ3n) is 9.16. The number of hydrogen-bond donors (Lipinski definition) is 0. The van der Waals surface area contributed by atoms with Gasteiger partial charge < -0.3 is 27.9 Å². The van der Waals surface area contributed by atoms with Crippen LogP contribution in [0.3, 0.4) is 0 Å². The number of rotatable bonds is 39. The second-order valence-corrected chi connectivity index (χ2v) is 17.1. The number of nitrogens with zero attached hydrogens (tertiary/aromatic N) is 1. The van der Waals surface area contributed by atoms with E-state index in [4.69, 9.17) is 18.5 Å². The van der Waals surface area contributed by atoms with Crippen molar-refractivity contribution < 1.29 is 42.1 Å². The van der Waals surface area contributed by atoms with E-state index in [0.29, 0.717) is 23.9 Å². The predicted octanol–water partition coefficient (Wildman–Crippen LogP) is 11.5. The SMILES string of the molecule is CCCCCCCC/C=C/C/C=C/C/C=C/CCCC(=O)OC(COC(=O)CCCCCCCCCCCCCCC)COP(=O)([O-])OCC[N+](C)(C)C. The monoisotopic (exact) mass is 784 g/mol. The lowest BCUT2D eigenvalue weighted by atomic mass is 10.0. The van der Waals surface area contributed by atoms with Gasteiger partial charge in [-0.25, -0.2) is 0 Å². The van der Waals surface area contributed by atoms with E-state index in [1.807, 2.05) is 27.2 Å². The fourth-order valence-corrected chi connectivity index (χ4v) is 6.46. The zero-order chi connectivity index (χ0) is 40.0. The van der Waals surface area contributed by atoms with Crippen LogP contribution in [0.15, 0.2) is 36.5 Å². The van der Waals surface area contributed by atoms with Crippen LogP contribution in [-0.4, -0.2) is 70.0 Å². The topological polar surface area (TPSA) is 111 Å². The van der Waals surface area contributed by atoms with Crippen molar-refractivity contribution in [3.63, 3.8) is 0 Å². The number of unbranched alkanes of at least 4 members (excludes halogenated alkanes) is 19. The second kappa shape index (κ2) is 36.8. The maximum absolute atomic E-state index is 12.6. The molecule has 0 aliphatic rings. The fraction of sp³-hybridized carbons (Fsp3) is 0.818. The molecule has 0 aliphatic carbocycles. The first-order valence-electron chi connectivity index (χ1n) is 21.7. The van der Waals surface area contributed by atoms with Crippen molar-refractivity contribution in [3.8, 4) is 0 Å². The first-order valence-corrected chi connectivity index (χ1v) is 23.2. The molecule has 0 aromatic carbocycles. The summed E-state index contributed by atoms with van der Waals surface area (Å²) >= 11 is 0. The van der Waals surface area contributed by atoms with Gasteiger partial charge in [-0.15, -0.1) is 0 Å². The standard InChI is InChI=1S/C44H82NO8P/c1-6-8-10-12-14-16-18-20-21-22-23-25-27-29-31-33-35-37-44(47)53-42(41-52-54(48,49)51-39-38-45(3,4)5)40-50-43(46)36-34-32-30-28-26-24-19-17-15-13-11-9-7-2/h20-21,23,25,29,31,42H,6-19,22,24,26-28,30,32-41H2,1-5H3/b21-20+,25-23+,31-29+. The van der Waals surface area contributed by atoms with E-state index >= 15 is 0 Å². The van der Waals surface area contributed by atoms with E-state index in [1.165, 1.54) is 103 Å². The van der Waals surface area contributed by atoms with Gasteiger partial charge >= 0.3 is 11.9 Å². The molecule has 2 atom stereocenters. The highest BCUT2D eigenvalue weighted by Gasteiger charge is 2.21. The van der Waals surface area contributed by atoms with Crippen molar-refractivity contribution in [2.45, 2.75) is 187 Å². The van der Waals surface area contributed by atoms with E-state index < -0.39 is 32.5 Å². The Morgan fingerprint density at radius 3 is 1.54 bits per heavy atom. The maximum atomic E-state index is 12.6. The minimum absolute atomic E-state index is 0.0392. The van der Waals surface area contributed by atoms with Crippen LogP contribution in [0.5, 0.6) is 0 Å². The fourth-order valence-electron chi connectivity index (χ4n) is 5.73. The van der Waals surface area contributed by atoms with Crippen LogP contribution in [0, 0.1) is 0 Å². The van der Waals surface area contributed by atoms with Crippen LogP contribution >= 0.6 is 7.82 Å². The average Bonchev–Trinajstić information content (AvgIpc) is 3.12. The van der Waals surface area contributed by atoms with Crippen LogP contribution < -0.4 is 4.89 Å². The number of hydrogen-bond acceptors (Lipinski definition) is 8. The summed E-state index contributed by atoms with van der Waals surface area (Å²) in [5.41, 5.74) is 0. The Balaban J connectivity index is 4.46. The molecule has 0 saturated carbocycles. The molecule has 54 heavy (non-hydrogen) atoms. The molecule has 10 heteroatoms. The zero-order valence-electron chi connectivity index (χ0n) is 35.4. The van der Waals surface area contributed by atoms with Crippen molar-refractivity contribution in [3.05, 3.63) is 36.5 Å². The van der Waals surface area contributed by atoms with E-state index in [1.54, 1.807) is 0 Å². The number of likely N-dealkylation sites (N-methyl/N-ethyl adjacent to an activating group) is 1. The van der Waals surface area contributed by atoms with Crippen molar-refractivity contribution in [2.24, 2.45) is 0 Å². The molecule has 316 valence electrons. The first-order chi connectivity index (χ1) is 26.0. The third kappa shape index (κ3) is 39.9. The third-order valence-corrected chi connectivity index (χ3v) is 10.1. The Morgan fingerprint density at radius 1 is 0.574 bits per heavy atom. The van der Waals surface area contributed by atoms with Crippen LogP contribution in [0.2, 0.25) is 0 Å². The molecule has 0 aromatic rings. The highest BCUT2D eigenvalue weighted by molar-refractivity contribution is 7.45. The van der Waals surface area contributed by atoms with Crippen LogP contribution in [0.4, 0.5) is 0 Å². The summed E-state index contributed by atoms with van der Waals surface area (Å²) in [5.74, 6) is -0.893. The van der Waals surface area contributed by atoms with Gasteiger partial charge in [0.25, 0.3) is 7.82 Å². The number of carbonyl (C=O) groups excluding carboxylic acids is 2. The van der Waals surface area contributed by atoms with Gasteiger partial charge in [0.1, 0.15) is 19.8 Å². The molecule has 0 amide bonds. The highest BCUT2D eigenvalue weighted by atomic mass is 31.2. The van der Waals surface area contributed by atoms with Gasteiger partial charge in [0, 0.05) is 12.8 Å². The summed E-state index contributed by atoms with van der Waals surface area (Å²) in [5, 5.41) is 0. The molecular formula is C44H82NO8P. The molecule has 0 aliphatic heterocycles. The number of allylic oxidation sites excluding steroid dienone is 6. The highest BCUT2D eigenvalue weighted by Crippen LogP contribution is 2.38. The van der Waals surface area contributed by atoms with Gasteiger partial charge in [-0.1, -0.05) is 159 Å². The summed E-state index contributed by atoms with van der Waals surface area (Å²) in [6.07, 6.45) is 40.3. The average molecular weight is 784 g/mol. The minimum Gasteiger partial charge on any atom is -0.756 e. The summed E-state index contributed by atoms with van der Waals surface area (Å²) in [4.78, 5) is 37.4. The Hall–Kier alpha value is -1.77. The smallest absolute Gasteiger partial charge is 0.306 e. The molecule has 0 saturated heterocycles. The van der Waals surface area contributed by atoms with Gasteiger partial charge in [0.2, 0.25) is 0 Å². The number of esters is 2. The number of quaternary nitrogens is 1. The Labute approximate surface area is 331 Å². The quantitative estimate of drug-likeness (QED) is 0.0199. The number of ether oxygens (including phenoxy) is 2. The second-order valence-electron chi connectivity index (χ2n) is 15.7. The normalized spacial score (nSPS) is 14.0. The van der Waals surface area contributed by atoms with Crippen LogP contribution in [0.1, 0.15) is 181 Å². The van der Waals surface area contributed by atoms with Crippen LogP contribution in [0.25, 0.3) is 0 Å². The minimum atomic E-state index is -4.63. The van der Waals surface area contributed by atoms with E-state index in [-0.39, 0.29) is 26.1 Å². The van der Waals surface area contributed by atoms with E-state index in [2.05, 4.69) is 44.2 Å². The molecule has 0 fully saturated rings. The van der Waals surface area contributed by atoms with E-state index in [9.17, 15) is 19.0 Å². The molecule has 0 aromatic heterocycles.